The van der Waals surface area contributed by atoms with E-state index in [9.17, 15) is 0 Å². The fourth-order valence-electron chi connectivity index (χ4n) is 2.70. The molecular formula is C20H27N3O. The summed E-state index contributed by atoms with van der Waals surface area (Å²) < 4.78 is 5.27. The van der Waals surface area contributed by atoms with Crippen molar-refractivity contribution in [3.05, 3.63) is 70.8 Å². The van der Waals surface area contributed by atoms with Gasteiger partial charge < -0.3 is 15.0 Å². The Bertz CT molecular complexity index is 682. The smallest absolute Gasteiger partial charge is 0.193 e. The number of nitrogens with zero attached hydrogens (tertiary/aromatic N) is 2. The highest BCUT2D eigenvalue weighted by molar-refractivity contribution is 5.79. The van der Waals surface area contributed by atoms with Crippen molar-refractivity contribution in [1.82, 2.24) is 10.2 Å². The molecule has 0 aliphatic carbocycles. The van der Waals surface area contributed by atoms with Gasteiger partial charge in [0.1, 0.15) is 0 Å². The zero-order valence-electron chi connectivity index (χ0n) is 15.0. The summed E-state index contributed by atoms with van der Waals surface area (Å²) in [5.41, 5.74) is 5.03. The van der Waals surface area contributed by atoms with Gasteiger partial charge in [0.2, 0.25) is 0 Å². The van der Waals surface area contributed by atoms with Crippen molar-refractivity contribution in [2.24, 2.45) is 4.99 Å². The van der Waals surface area contributed by atoms with Gasteiger partial charge in [-0.05, 0) is 29.2 Å². The maximum atomic E-state index is 5.27. The number of aryl methyl sites for hydroxylation is 1. The van der Waals surface area contributed by atoms with Crippen LogP contribution < -0.4 is 5.32 Å². The van der Waals surface area contributed by atoms with Crippen LogP contribution in [0.2, 0.25) is 0 Å². The second-order valence-corrected chi connectivity index (χ2v) is 5.89. The van der Waals surface area contributed by atoms with Gasteiger partial charge in [-0.25, -0.2) is 0 Å². The Morgan fingerprint density at radius 1 is 1.04 bits per heavy atom. The second-order valence-electron chi connectivity index (χ2n) is 5.89. The van der Waals surface area contributed by atoms with Gasteiger partial charge in [-0.1, -0.05) is 48.5 Å². The first kappa shape index (κ1) is 18.0. The van der Waals surface area contributed by atoms with E-state index in [0.717, 1.165) is 19.0 Å². The molecular weight excluding hydrogens is 298 g/mol. The minimum absolute atomic E-state index is 0.621. The fraction of sp³-hybridized carbons (Fsp3) is 0.350. The Balaban J connectivity index is 2.01. The van der Waals surface area contributed by atoms with Crippen molar-refractivity contribution >= 4 is 5.96 Å². The quantitative estimate of drug-likeness (QED) is 0.654. The molecule has 2 aromatic carbocycles. The van der Waals surface area contributed by atoms with Crippen LogP contribution in [0.4, 0.5) is 0 Å². The Hall–Kier alpha value is -2.33. The lowest BCUT2D eigenvalue weighted by atomic mass is 10.1. The summed E-state index contributed by atoms with van der Waals surface area (Å²) in [7, 11) is 5.60. The first-order valence-electron chi connectivity index (χ1n) is 8.17. The predicted molar refractivity (Wildman–Crippen MR) is 100.0 cm³/mol. The number of benzene rings is 2. The molecule has 0 atom stereocenters. The first-order chi connectivity index (χ1) is 11.7. The molecule has 128 valence electrons. The zero-order valence-corrected chi connectivity index (χ0v) is 15.0. The molecule has 0 bridgehead atoms. The van der Waals surface area contributed by atoms with Crippen molar-refractivity contribution in [3.63, 3.8) is 0 Å². The minimum atomic E-state index is 0.621. The molecule has 0 spiro atoms. The molecule has 0 aliphatic heterocycles. The third-order valence-corrected chi connectivity index (χ3v) is 4.10. The Labute approximate surface area is 145 Å². The average molecular weight is 325 g/mol. The second kappa shape index (κ2) is 9.08. The number of rotatable bonds is 6. The molecule has 0 aliphatic rings. The Morgan fingerprint density at radius 2 is 1.67 bits per heavy atom. The lowest BCUT2D eigenvalue weighted by Gasteiger charge is -2.23. The molecule has 0 aromatic heterocycles. The van der Waals surface area contributed by atoms with Gasteiger partial charge in [-0.2, -0.15) is 0 Å². The number of hydrogen-bond acceptors (Lipinski definition) is 2. The van der Waals surface area contributed by atoms with Crippen LogP contribution in [0.3, 0.4) is 0 Å². The van der Waals surface area contributed by atoms with Crippen molar-refractivity contribution in [3.8, 4) is 0 Å². The highest BCUT2D eigenvalue weighted by atomic mass is 16.5. The van der Waals surface area contributed by atoms with E-state index < -0.39 is 0 Å². The van der Waals surface area contributed by atoms with Gasteiger partial charge in [0.15, 0.2) is 5.96 Å². The maximum absolute atomic E-state index is 5.27. The maximum Gasteiger partial charge on any atom is 0.193 e. The molecule has 2 aromatic rings. The fourth-order valence-corrected chi connectivity index (χ4v) is 2.70. The van der Waals surface area contributed by atoms with Crippen LogP contribution in [0.15, 0.2) is 53.5 Å². The lowest BCUT2D eigenvalue weighted by Crippen LogP contribution is -2.38. The van der Waals surface area contributed by atoms with Crippen LogP contribution in [-0.2, 0) is 24.4 Å². The molecule has 24 heavy (non-hydrogen) atoms. The van der Waals surface area contributed by atoms with Crippen LogP contribution in [0.25, 0.3) is 0 Å². The molecule has 2 rings (SSSR count). The first-order valence-corrected chi connectivity index (χ1v) is 8.17. The molecule has 0 unspecified atom stereocenters. The van der Waals surface area contributed by atoms with E-state index in [1.807, 2.05) is 13.1 Å². The molecule has 1 N–H and O–H groups in total. The van der Waals surface area contributed by atoms with Crippen LogP contribution in [0, 0.1) is 6.92 Å². The monoisotopic (exact) mass is 325 g/mol. The van der Waals surface area contributed by atoms with Crippen molar-refractivity contribution in [2.75, 3.05) is 21.2 Å². The average Bonchev–Trinajstić information content (AvgIpc) is 2.59. The van der Waals surface area contributed by atoms with Crippen molar-refractivity contribution in [2.45, 2.75) is 26.6 Å². The summed E-state index contributed by atoms with van der Waals surface area (Å²) >= 11 is 0. The Morgan fingerprint density at radius 3 is 2.29 bits per heavy atom. The third kappa shape index (κ3) is 4.83. The van der Waals surface area contributed by atoms with Gasteiger partial charge in [-0.3, -0.25) is 4.99 Å². The van der Waals surface area contributed by atoms with Crippen molar-refractivity contribution in [1.29, 1.82) is 0 Å². The molecule has 4 heteroatoms. The lowest BCUT2D eigenvalue weighted by molar-refractivity contribution is 0.184. The van der Waals surface area contributed by atoms with Crippen molar-refractivity contribution < 1.29 is 4.74 Å². The van der Waals surface area contributed by atoms with E-state index in [0.29, 0.717) is 6.61 Å². The third-order valence-electron chi connectivity index (χ3n) is 4.10. The van der Waals surface area contributed by atoms with Gasteiger partial charge in [0.25, 0.3) is 0 Å². The van der Waals surface area contributed by atoms with Gasteiger partial charge in [0, 0.05) is 34.3 Å². The molecule has 0 saturated heterocycles. The largest absolute Gasteiger partial charge is 0.380 e. The van der Waals surface area contributed by atoms with E-state index in [4.69, 9.17) is 4.74 Å². The molecule has 4 nitrogen and oxygen atoms in total. The summed E-state index contributed by atoms with van der Waals surface area (Å²) in [6.45, 7) is 4.31. The zero-order chi connectivity index (χ0) is 17.4. The predicted octanol–water partition coefficient (Wildman–Crippen LogP) is 3.35. The number of ether oxygens (including phenoxy) is 1. The summed E-state index contributed by atoms with van der Waals surface area (Å²) in [5.74, 6) is 0.880. The van der Waals surface area contributed by atoms with Crippen LogP contribution >= 0.6 is 0 Å². The molecule has 0 fully saturated rings. The number of methoxy groups -OCH3 is 1. The number of hydrogen-bond donors (Lipinski definition) is 1. The molecule has 0 amide bonds. The van der Waals surface area contributed by atoms with E-state index in [1.165, 1.54) is 22.3 Å². The topological polar surface area (TPSA) is 36.9 Å². The van der Waals surface area contributed by atoms with Gasteiger partial charge in [0.05, 0.1) is 6.61 Å². The van der Waals surface area contributed by atoms with E-state index in [-0.39, 0.29) is 0 Å². The van der Waals surface area contributed by atoms with Crippen LogP contribution in [0.1, 0.15) is 22.3 Å². The number of nitrogens with one attached hydrogen (secondary N) is 1. The molecule has 0 radical (unpaired) electrons. The summed E-state index contributed by atoms with van der Waals surface area (Å²) in [4.78, 5) is 6.54. The normalized spacial score (nSPS) is 11.4. The number of guanidine groups is 1. The van der Waals surface area contributed by atoms with Gasteiger partial charge >= 0.3 is 0 Å². The highest BCUT2D eigenvalue weighted by Crippen LogP contribution is 2.11. The van der Waals surface area contributed by atoms with E-state index in [2.05, 4.69) is 71.6 Å². The molecule has 0 saturated carbocycles. The highest BCUT2D eigenvalue weighted by Gasteiger charge is 2.09. The van der Waals surface area contributed by atoms with E-state index in [1.54, 1.807) is 7.11 Å². The van der Waals surface area contributed by atoms with Gasteiger partial charge in [-0.15, -0.1) is 0 Å². The summed E-state index contributed by atoms with van der Waals surface area (Å²) in [6, 6.07) is 16.8. The summed E-state index contributed by atoms with van der Waals surface area (Å²) in [6.07, 6.45) is 0. The van der Waals surface area contributed by atoms with Crippen LogP contribution in [0.5, 0.6) is 0 Å². The van der Waals surface area contributed by atoms with Crippen LogP contribution in [-0.4, -0.2) is 32.1 Å². The number of aliphatic imine (C=N–C) groups is 1. The molecule has 0 heterocycles. The standard InChI is InChI=1S/C20H27N3O/c1-16-9-5-6-11-18(16)14-23(3)20(21-2)22-13-17-10-7-8-12-19(17)15-24-4/h5-12H,13-15H2,1-4H3,(H,21,22). The minimum Gasteiger partial charge on any atom is -0.380 e. The SMILES string of the molecule is CN=C(NCc1ccccc1COC)N(C)Cc1ccccc1C. The summed E-state index contributed by atoms with van der Waals surface area (Å²) in [5, 5.41) is 3.44. The Kier molecular flexibility index (Phi) is 6.82. The van der Waals surface area contributed by atoms with E-state index >= 15 is 0 Å².